The third kappa shape index (κ3) is 2.92. The van der Waals surface area contributed by atoms with Crippen LogP contribution in [0.25, 0.3) is 5.57 Å². The molecule has 0 saturated heterocycles. The van der Waals surface area contributed by atoms with Crippen molar-refractivity contribution in [2.75, 3.05) is 12.0 Å². The molecule has 1 aliphatic heterocycles. The van der Waals surface area contributed by atoms with Crippen molar-refractivity contribution < 1.29 is 14.3 Å². The number of hydrogen-bond acceptors (Lipinski definition) is 5. The summed E-state index contributed by atoms with van der Waals surface area (Å²) in [5.41, 5.74) is 4.57. The van der Waals surface area contributed by atoms with Crippen LogP contribution < -0.4 is 9.64 Å². The molecular weight excluding hydrogens is 388 g/mol. The monoisotopic (exact) mass is 406 g/mol. The number of carbonyl (C=O) groups is 2. The summed E-state index contributed by atoms with van der Waals surface area (Å²) in [6.07, 6.45) is 0. The van der Waals surface area contributed by atoms with Gasteiger partial charge in [0.15, 0.2) is 11.6 Å². The maximum atomic E-state index is 12.9. The molecule has 0 saturated carbocycles. The van der Waals surface area contributed by atoms with E-state index in [0.29, 0.717) is 22.4 Å². The summed E-state index contributed by atoms with van der Waals surface area (Å²) in [5.74, 6) is -0.384. The summed E-state index contributed by atoms with van der Waals surface area (Å²) in [4.78, 5) is 28.0. The van der Waals surface area contributed by atoms with Crippen molar-refractivity contribution in [3.05, 3.63) is 100 Å². The first-order valence-corrected chi connectivity index (χ1v) is 9.95. The number of rotatable bonds is 3. The molecule has 1 heterocycles. The first-order chi connectivity index (χ1) is 15.1. The number of carbonyl (C=O) groups excluding carboxylic acids is 2. The minimum absolute atomic E-state index is 0.0410. The van der Waals surface area contributed by atoms with Gasteiger partial charge in [0, 0.05) is 41.5 Å². The fourth-order valence-corrected chi connectivity index (χ4v) is 4.33. The minimum Gasteiger partial charge on any atom is -0.496 e. The topological polar surface area (TPSA) is 70.4 Å². The van der Waals surface area contributed by atoms with Gasteiger partial charge in [0.05, 0.1) is 18.3 Å². The Morgan fingerprint density at radius 1 is 0.903 bits per heavy atom. The van der Waals surface area contributed by atoms with Gasteiger partial charge in [-0.15, -0.1) is 0 Å². The summed E-state index contributed by atoms with van der Waals surface area (Å²) in [6, 6.07) is 22.5. The molecule has 31 heavy (non-hydrogen) atoms. The van der Waals surface area contributed by atoms with E-state index in [1.165, 1.54) is 18.2 Å². The molecule has 3 aromatic rings. The van der Waals surface area contributed by atoms with Gasteiger partial charge in [0.25, 0.3) is 0 Å². The average molecular weight is 406 g/mol. The van der Waals surface area contributed by atoms with Crippen LogP contribution in [0.4, 0.5) is 5.69 Å². The molecule has 0 radical (unpaired) electrons. The fraction of sp³-hybridized carbons (Fsp3) is 0.115. The van der Waals surface area contributed by atoms with Crippen molar-refractivity contribution in [3.8, 4) is 11.8 Å². The number of allylic oxidation sites excluding steroid dienone is 2. The van der Waals surface area contributed by atoms with Gasteiger partial charge in [-0.25, -0.2) is 0 Å². The number of benzene rings is 3. The lowest BCUT2D eigenvalue weighted by atomic mass is 9.96. The molecule has 150 valence electrons. The lowest BCUT2D eigenvalue weighted by Gasteiger charge is -2.20. The average Bonchev–Trinajstić information content (AvgIpc) is 3.35. The van der Waals surface area contributed by atoms with Crippen LogP contribution >= 0.6 is 0 Å². The van der Waals surface area contributed by atoms with Crippen molar-refractivity contribution in [3.63, 3.8) is 0 Å². The van der Waals surface area contributed by atoms with Gasteiger partial charge in [0.1, 0.15) is 11.8 Å². The molecule has 5 heteroatoms. The molecule has 2 aliphatic rings. The van der Waals surface area contributed by atoms with Gasteiger partial charge in [-0.2, -0.15) is 5.26 Å². The Kier molecular flexibility index (Phi) is 4.41. The first kappa shape index (κ1) is 18.8. The summed E-state index contributed by atoms with van der Waals surface area (Å²) < 4.78 is 5.58. The number of nitrogens with zero attached hydrogens (tertiary/aromatic N) is 2. The standard InChI is InChI=1S/C26H18N2O3/c1-31-23-12-18(28-14-16-6-2-3-7-17(16)15-28)10-11-19(23)22(13-27)24-25(29)20-8-4-5-9-21(20)26(24)30/h2-12H,14-15H2,1H3. The lowest BCUT2D eigenvalue weighted by molar-refractivity contribution is 0.0990. The number of anilines is 1. The highest BCUT2D eigenvalue weighted by Gasteiger charge is 2.36. The summed E-state index contributed by atoms with van der Waals surface area (Å²) in [5, 5.41) is 9.90. The molecule has 1 aliphatic carbocycles. The molecular formula is C26H18N2O3. The number of nitriles is 1. The Labute approximate surface area is 179 Å². The highest BCUT2D eigenvalue weighted by atomic mass is 16.5. The maximum Gasteiger partial charge on any atom is 0.199 e. The molecule has 0 atom stereocenters. The largest absolute Gasteiger partial charge is 0.496 e. The molecule has 0 unspecified atom stereocenters. The van der Waals surface area contributed by atoms with Crippen molar-refractivity contribution in [1.29, 1.82) is 5.26 Å². The zero-order valence-electron chi connectivity index (χ0n) is 16.9. The second-order valence-corrected chi connectivity index (χ2v) is 7.57. The van der Waals surface area contributed by atoms with Gasteiger partial charge in [-0.05, 0) is 23.3 Å². The Bertz CT molecular complexity index is 1270. The van der Waals surface area contributed by atoms with Crippen molar-refractivity contribution in [1.82, 2.24) is 0 Å². The van der Waals surface area contributed by atoms with Crippen LogP contribution in [0.5, 0.6) is 5.75 Å². The number of fused-ring (bicyclic) bond motifs is 2. The number of ether oxygens (including phenoxy) is 1. The fourth-order valence-electron chi connectivity index (χ4n) is 4.33. The van der Waals surface area contributed by atoms with E-state index in [2.05, 4.69) is 23.1 Å². The molecule has 5 rings (SSSR count). The summed E-state index contributed by atoms with van der Waals surface area (Å²) in [7, 11) is 1.52. The number of hydrogen-bond donors (Lipinski definition) is 0. The molecule has 0 N–H and O–H groups in total. The molecule has 0 spiro atoms. The van der Waals surface area contributed by atoms with E-state index in [4.69, 9.17) is 4.74 Å². The van der Waals surface area contributed by atoms with Crippen molar-refractivity contribution in [2.45, 2.75) is 13.1 Å². The van der Waals surface area contributed by atoms with Gasteiger partial charge in [-0.1, -0.05) is 48.5 Å². The molecule has 3 aromatic carbocycles. The van der Waals surface area contributed by atoms with Gasteiger partial charge in [-0.3, -0.25) is 9.59 Å². The second-order valence-electron chi connectivity index (χ2n) is 7.57. The maximum absolute atomic E-state index is 12.9. The number of Topliss-reactive ketones (excluding diaryl/α,β-unsaturated/α-hetero) is 2. The molecule has 0 amide bonds. The van der Waals surface area contributed by atoms with E-state index >= 15 is 0 Å². The van der Waals surface area contributed by atoms with E-state index in [9.17, 15) is 14.9 Å². The van der Waals surface area contributed by atoms with Crippen LogP contribution in [0.1, 0.15) is 37.4 Å². The van der Waals surface area contributed by atoms with Crippen LogP contribution in [0.3, 0.4) is 0 Å². The summed E-state index contributed by atoms with van der Waals surface area (Å²) in [6.45, 7) is 1.58. The molecule has 0 fully saturated rings. The van der Waals surface area contributed by atoms with E-state index in [1.54, 1.807) is 30.3 Å². The van der Waals surface area contributed by atoms with Crippen LogP contribution in [-0.4, -0.2) is 18.7 Å². The molecule has 0 bridgehead atoms. The van der Waals surface area contributed by atoms with Crippen LogP contribution in [-0.2, 0) is 13.1 Å². The highest BCUT2D eigenvalue weighted by Crippen LogP contribution is 2.38. The third-order valence-corrected chi connectivity index (χ3v) is 5.89. The lowest BCUT2D eigenvalue weighted by Crippen LogP contribution is -2.14. The Balaban J connectivity index is 1.57. The van der Waals surface area contributed by atoms with E-state index in [1.807, 2.05) is 24.3 Å². The summed E-state index contributed by atoms with van der Waals surface area (Å²) >= 11 is 0. The zero-order chi connectivity index (χ0) is 21.5. The zero-order valence-corrected chi connectivity index (χ0v) is 16.9. The van der Waals surface area contributed by atoms with E-state index in [-0.39, 0.29) is 11.1 Å². The molecule has 5 nitrogen and oxygen atoms in total. The van der Waals surface area contributed by atoms with Crippen LogP contribution in [0, 0.1) is 11.3 Å². The quantitative estimate of drug-likeness (QED) is 0.362. The van der Waals surface area contributed by atoms with Crippen LogP contribution in [0.15, 0.2) is 72.3 Å². The van der Waals surface area contributed by atoms with Gasteiger partial charge < -0.3 is 9.64 Å². The highest BCUT2D eigenvalue weighted by molar-refractivity contribution is 6.43. The van der Waals surface area contributed by atoms with E-state index < -0.39 is 11.6 Å². The van der Waals surface area contributed by atoms with E-state index in [0.717, 1.165) is 18.8 Å². The minimum atomic E-state index is -0.418. The Hall–Kier alpha value is -4.17. The molecule has 0 aromatic heterocycles. The number of ketones is 2. The number of methoxy groups -OCH3 is 1. The predicted octanol–water partition coefficient (Wildman–Crippen LogP) is 4.57. The smallest absolute Gasteiger partial charge is 0.199 e. The Morgan fingerprint density at radius 2 is 1.48 bits per heavy atom. The van der Waals surface area contributed by atoms with Crippen molar-refractivity contribution >= 4 is 22.8 Å². The Morgan fingerprint density at radius 3 is 2.03 bits per heavy atom. The van der Waals surface area contributed by atoms with Gasteiger partial charge >= 0.3 is 0 Å². The predicted molar refractivity (Wildman–Crippen MR) is 117 cm³/mol. The SMILES string of the molecule is COc1cc(N2Cc3ccccc3C2)ccc1C(C#N)=C1C(=O)c2ccccc2C1=O. The first-order valence-electron chi connectivity index (χ1n) is 9.95. The second kappa shape index (κ2) is 7.26. The normalized spacial score (nSPS) is 14.3. The third-order valence-electron chi connectivity index (χ3n) is 5.89. The van der Waals surface area contributed by atoms with Crippen LogP contribution in [0.2, 0.25) is 0 Å². The van der Waals surface area contributed by atoms with Crippen molar-refractivity contribution in [2.24, 2.45) is 0 Å². The van der Waals surface area contributed by atoms with Gasteiger partial charge in [0.2, 0.25) is 0 Å².